The van der Waals surface area contributed by atoms with Crippen LogP contribution in [0.15, 0.2) is 65.4 Å². The molecule has 1 aliphatic heterocycles. The third-order valence-corrected chi connectivity index (χ3v) is 5.94. The van der Waals surface area contributed by atoms with E-state index in [2.05, 4.69) is 33.8 Å². The van der Waals surface area contributed by atoms with Crippen LogP contribution in [-0.2, 0) is 0 Å². The third-order valence-electron chi connectivity index (χ3n) is 5.94. The average molecular weight is 389 g/mol. The zero-order valence-corrected chi connectivity index (χ0v) is 16.5. The van der Waals surface area contributed by atoms with Crippen molar-refractivity contribution in [2.24, 2.45) is 0 Å². The van der Waals surface area contributed by atoms with Crippen molar-refractivity contribution in [1.82, 2.24) is 9.88 Å². The Hall–Kier alpha value is -2.92. The van der Waals surface area contributed by atoms with Gasteiger partial charge in [0.05, 0.1) is 17.5 Å². The van der Waals surface area contributed by atoms with Crippen molar-refractivity contribution in [2.45, 2.75) is 12.8 Å². The number of para-hydroxylation sites is 1. The summed E-state index contributed by atoms with van der Waals surface area (Å²) in [7, 11) is 0. The number of hydrogen-bond donors (Lipinski definition) is 0. The van der Waals surface area contributed by atoms with Crippen LogP contribution in [0.4, 0.5) is 10.1 Å². The van der Waals surface area contributed by atoms with Crippen molar-refractivity contribution in [3.63, 3.8) is 0 Å². The van der Waals surface area contributed by atoms with Gasteiger partial charge < -0.3 is 9.32 Å². The van der Waals surface area contributed by atoms with E-state index in [-0.39, 0.29) is 5.82 Å². The molecule has 2 aromatic carbocycles. The standard InChI is InChI=1S/C24H24FN3O/c1-17(21-16-29-23-7-3-2-6-20(21)23)15-27-9-11-28(12-10-27)22-14-19(25)13-18-5-4-8-26-24(18)22/h2-8,13-14,16-17H,9-12,15H2,1H3. The molecule has 3 heterocycles. The maximum Gasteiger partial charge on any atom is 0.134 e. The predicted molar refractivity (Wildman–Crippen MR) is 115 cm³/mol. The van der Waals surface area contributed by atoms with Gasteiger partial charge in [-0.3, -0.25) is 9.88 Å². The van der Waals surface area contributed by atoms with Crippen molar-refractivity contribution in [1.29, 1.82) is 0 Å². The van der Waals surface area contributed by atoms with Crippen molar-refractivity contribution in [3.8, 4) is 0 Å². The Morgan fingerprint density at radius 1 is 1.07 bits per heavy atom. The van der Waals surface area contributed by atoms with E-state index in [0.717, 1.165) is 54.9 Å². The molecule has 0 aliphatic carbocycles. The van der Waals surface area contributed by atoms with Crippen molar-refractivity contribution in [3.05, 3.63) is 72.4 Å². The van der Waals surface area contributed by atoms with E-state index < -0.39 is 0 Å². The van der Waals surface area contributed by atoms with Gasteiger partial charge in [-0.1, -0.05) is 31.2 Å². The van der Waals surface area contributed by atoms with Crippen molar-refractivity contribution < 1.29 is 8.81 Å². The first-order valence-corrected chi connectivity index (χ1v) is 10.2. The Morgan fingerprint density at radius 3 is 2.76 bits per heavy atom. The summed E-state index contributed by atoms with van der Waals surface area (Å²) in [5.74, 6) is 0.185. The number of furan rings is 1. The summed E-state index contributed by atoms with van der Waals surface area (Å²) < 4.78 is 19.8. The first-order valence-electron chi connectivity index (χ1n) is 10.2. The molecule has 4 nitrogen and oxygen atoms in total. The third kappa shape index (κ3) is 3.47. The van der Waals surface area contributed by atoms with E-state index in [0.29, 0.717) is 5.92 Å². The summed E-state index contributed by atoms with van der Waals surface area (Å²) >= 11 is 0. The Balaban J connectivity index is 1.29. The molecule has 0 spiro atoms. The van der Waals surface area contributed by atoms with Gasteiger partial charge in [-0.15, -0.1) is 0 Å². The molecule has 1 atom stereocenters. The largest absolute Gasteiger partial charge is 0.464 e. The molecule has 1 saturated heterocycles. The van der Waals surface area contributed by atoms with Gasteiger partial charge in [-0.05, 0) is 30.2 Å². The number of anilines is 1. The molecule has 0 N–H and O–H groups in total. The Morgan fingerprint density at radius 2 is 1.90 bits per heavy atom. The van der Waals surface area contributed by atoms with Crippen LogP contribution >= 0.6 is 0 Å². The number of pyridine rings is 1. The van der Waals surface area contributed by atoms with Crippen LogP contribution in [0, 0.1) is 5.82 Å². The highest BCUT2D eigenvalue weighted by atomic mass is 19.1. The number of fused-ring (bicyclic) bond motifs is 2. The fraction of sp³-hybridized carbons (Fsp3) is 0.292. The predicted octanol–water partition coefficient (Wildman–Crippen LogP) is 5.05. The van der Waals surface area contributed by atoms with Crippen LogP contribution in [0.3, 0.4) is 0 Å². The second-order valence-electron chi connectivity index (χ2n) is 7.88. The molecule has 0 radical (unpaired) electrons. The molecule has 2 aromatic heterocycles. The molecule has 0 saturated carbocycles. The van der Waals surface area contributed by atoms with Gasteiger partial charge >= 0.3 is 0 Å². The molecule has 0 amide bonds. The number of piperazine rings is 1. The highest BCUT2D eigenvalue weighted by Crippen LogP contribution is 2.30. The molecule has 1 unspecified atom stereocenters. The van der Waals surface area contributed by atoms with Crippen LogP contribution in [0.1, 0.15) is 18.4 Å². The molecule has 0 bridgehead atoms. The highest BCUT2D eigenvalue weighted by Gasteiger charge is 2.22. The normalized spacial score (nSPS) is 16.6. The van der Waals surface area contributed by atoms with E-state index >= 15 is 0 Å². The zero-order chi connectivity index (χ0) is 19.8. The van der Waals surface area contributed by atoms with E-state index in [9.17, 15) is 4.39 Å². The molecular formula is C24H24FN3O. The van der Waals surface area contributed by atoms with Crippen LogP contribution in [-0.4, -0.2) is 42.6 Å². The SMILES string of the molecule is CC(CN1CCN(c2cc(F)cc3cccnc23)CC1)c1coc2ccccc12. The Kier molecular flexibility index (Phi) is 4.68. The zero-order valence-electron chi connectivity index (χ0n) is 16.5. The van der Waals surface area contributed by atoms with E-state index in [1.54, 1.807) is 18.3 Å². The van der Waals surface area contributed by atoms with Crippen molar-refractivity contribution in [2.75, 3.05) is 37.6 Å². The van der Waals surface area contributed by atoms with Gasteiger partial charge in [0.2, 0.25) is 0 Å². The van der Waals surface area contributed by atoms with Gasteiger partial charge in [0.1, 0.15) is 11.4 Å². The fourth-order valence-electron chi connectivity index (χ4n) is 4.42. The topological polar surface area (TPSA) is 32.5 Å². The summed E-state index contributed by atoms with van der Waals surface area (Å²) in [5.41, 5.74) is 3.99. The number of benzene rings is 2. The summed E-state index contributed by atoms with van der Waals surface area (Å²) in [4.78, 5) is 9.24. The highest BCUT2D eigenvalue weighted by molar-refractivity contribution is 5.90. The molecule has 5 rings (SSSR count). The first kappa shape index (κ1) is 18.1. The number of rotatable bonds is 4. The van der Waals surface area contributed by atoms with Crippen molar-refractivity contribution >= 4 is 27.6 Å². The maximum absolute atomic E-state index is 14.1. The summed E-state index contributed by atoms with van der Waals surface area (Å²) in [6.07, 6.45) is 3.67. The van der Waals surface area contributed by atoms with Gasteiger partial charge in [0.15, 0.2) is 0 Å². The molecule has 1 fully saturated rings. The lowest BCUT2D eigenvalue weighted by Gasteiger charge is -2.37. The monoisotopic (exact) mass is 389 g/mol. The van der Waals surface area contributed by atoms with Gasteiger partial charge in [0.25, 0.3) is 0 Å². The average Bonchev–Trinajstić information content (AvgIpc) is 3.18. The van der Waals surface area contributed by atoms with Crippen LogP contribution < -0.4 is 4.90 Å². The Labute approximate surface area is 169 Å². The number of halogens is 1. The molecule has 4 aromatic rings. The molecule has 1 aliphatic rings. The lowest BCUT2D eigenvalue weighted by Crippen LogP contribution is -2.47. The summed E-state index contributed by atoms with van der Waals surface area (Å²) in [6, 6.07) is 15.2. The minimum atomic E-state index is -0.205. The summed E-state index contributed by atoms with van der Waals surface area (Å²) in [6.45, 7) is 6.88. The van der Waals surface area contributed by atoms with E-state index in [1.807, 2.05) is 30.5 Å². The number of aromatic nitrogens is 1. The van der Waals surface area contributed by atoms with E-state index in [1.165, 1.54) is 10.9 Å². The Bertz CT molecular complexity index is 1150. The lowest BCUT2D eigenvalue weighted by atomic mass is 9.99. The molecule has 5 heteroatoms. The number of hydrogen-bond acceptors (Lipinski definition) is 4. The number of nitrogens with zero attached hydrogens (tertiary/aromatic N) is 3. The molecule has 29 heavy (non-hydrogen) atoms. The van der Waals surface area contributed by atoms with Crippen LogP contribution in [0.2, 0.25) is 0 Å². The van der Waals surface area contributed by atoms with Crippen LogP contribution in [0.25, 0.3) is 21.9 Å². The van der Waals surface area contributed by atoms with Crippen LogP contribution in [0.5, 0.6) is 0 Å². The van der Waals surface area contributed by atoms with Gasteiger partial charge in [-0.2, -0.15) is 0 Å². The van der Waals surface area contributed by atoms with Gasteiger partial charge in [-0.25, -0.2) is 4.39 Å². The lowest BCUT2D eigenvalue weighted by molar-refractivity contribution is 0.246. The quantitative estimate of drug-likeness (QED) is 0.489. The molecule has 148 valence electrons. The second-order valence-corrected chi connectivity index (χ2v) is 7.88. The van der Waals surface area contributed by atoms with Gasteiger partial charge in [0, 0.05) is 55.3 Å². The fourth-order valence-corrected chi connectivity index (χ4v) is 4.42. The first-order chi connectivity index (χ1) is 14.2. The second kappa shape index (κ2) is 7.48. The summed E-state index contributed by atoms with van der Waals surface area (Å²) in [5, 5.41) is 2.06. The maximum atomic E-state index is 14.1. The smallest absolute Gasteiger partial charge is 0.134 e. The minimum absolute atomic E-state index is 0.205. The minimum Gasteiger partial charge on any atom is -0.464 e. The van der Waals surface area contributed by atoms with E-state index in [4.69, 9.17) is 4.42 Å². The molecular weight excluding hydrogens is 365 g/mol.